The maximum absolute atomic E-state index is 15.0. The Kier molecular flexibility index (Phi) is 5.89. The van der Waals surface area contributed by atoms with E-state index in [2.05, 4.69) is 14.9 Å². The highest BCUT2D eigenvalue weighted by Crippen LogP contribution is 2.40. The zero-order valence-electron chi connectivity index (χ0n) is 16.9. The zero-order valence-corrected chi connectivity index (χ0v) is 16.9. The number of aromatic nitrogens is 2. The van der Waals surface area contributed by atoms with E-state index in [1.165, 1.54) is 0 Å². The van der Waals surface area contributed by atoms with Crippen molar-refractivity contribution in [2.24, 2.45) is 0 Å². The van der Waals surface area contributed by atoms with Crippen molar-refractivity contribution < 1.29 is 18.4 Å². The SMILES string of the molecule is COCCc1cc(N2CCC(=C(F)B3OC(C)(C)C(C)(C)O3)CC2)ncn1. The van der Waals surface area contributed by atoms with Gasteiger partial charge >= 0.3 is 7.12 Å². The van der Waals surface area contributed by atoms with E-state index in [0.717, 1.165) is 23.5 Å². The summed E-state index contributed by atoms with van der Waals surface area (Å²) < 4.78 is 31.8. The molecule has 0 aliphatic carbocycles. The summed E-state index contributed by atoms with van der Waals surface area (Å²) in [6.07, 6.45) is 3.60. The molecular weight excluding hydrogens is 348 g/mol. The Balaban J connectivity index is 1.64. The lowest BCUT2D eigenvalue weighted by Crippen LogP contribution is -2.41. The van der Waals surface area contributed by atoms with Gasteiger partial charge in [0.05, 0.1) is 17.8 Å². The van der Waals surface area contributed by atoms with Crippen molar-refractivity contribution in [2.45, 2.75) is 58.2 Å². The van der Waals surface area contributed by atoms with Gasteiger partial charge in [-0.05, 0) is 46.1 Å². The Morgan fingerprint density at radius 3 is 2.41 bits per heavy atom. The number of nitrogens with zero attached hydrogens (tertiary/aromatic N) is 3. The Morgan fingerprint density at radius 2 is 1.81 bits per heavy atom. The highest BCUT2D eigenvalue weighted by molar-refractivity contribution is 6.53. The van der Waals surface area contributed by atoms with Crippen molar-refractivity contribution in [3.05, 3.63) is 29.4 Å². The van der Waals surface area contributed by atoms with Gasteiger partial charge in [-0.25, -0.2) is 14.4 Å². The first kappa shape index (κ1) is 20.2. The predicted molar refractivity (Wildman–Crippen MR) is 103 cm³/mol. The summed E-state index contributed by atoms with van der Waals surface area (Å²) in [5.41, 5.74) is 0.396. The summed E-state index contributed by atoms with van der Waals surface area (Å²) in [5.74, 6) is 0.881. The van der Waals surface area contributed by atoms with Crippen molar-refractivity contribution >= 4 is 12.9 Å². The molecule has 3 heterocycles. The van der Waals surface area contributed by atoms with Gasteiger partial charge in [-0.2, -0.15) is 0 Å². The zero-order chi connectivity index (χ0) is 19.7. The summed E-state index contributed by atoms with van der Waals surface area (Å²) in [6, 6.07) is 1.98. The molecule has 0 N–H and O–H groups in total. The molecule has 0 aromatic carbocycles. The molecule has 1 aromatic heterocycles. The van der Waals surface area contributed by atoms with Gasteiger partial charge < -0.3 is 18.9 Å². The highest BCUT2D eigenvalue weighted by atomic mass is 19.1. The number of hydrogen-bond acceptors (Lipinski definition) is 6. The number of piperidine rings is 1. The molecule has 8 heteroatoms. The van der Waals surface area contributed by atoms with Gasteiger partial charge in [0.1, 0.15) is 17.9 Å². The Hall–Kier alpha value is -1.51. The van der Waals surface area contributed by atoms with Gasteiger partial charge in [-0.3, -0.25) is 0 Å². The molecule has 0 amide bonds. The van der Waals surface area contributed by atoms with Crippen LogP contribution in [0.15, 0.2) is 23.7 Å². The minimum Gasteiger partial charge on any atom is -0.398 e. The van der Waals surface area contributed by atoms with E-state index in [0.29, 0.717) is 32.5 Å². The maximum Gasteiger partial charge on any atom is 0.525 e. The summed E-state index contributed by atoms with van der Waals surface area (Å²) in [7, 11) is 0.770. The fourth-order valence-corrected chi connectivity index (χ4v) is 3.26. The van der Waals surface area contributed by atoms with Crippen LogP contribution in [-0.4, -0.2) is 55.1 Å². The van der Waals surface area contributed by atoms with Crippen molar-refractivity contribution in [2.75, 3.05) is 31.7 Å². The average molecular weight is 377 g/mol. The van der Waals surface area contributed by atoms with Gasteiger partial charge in [-0.1, -0.05) is 0 Å². The highest BCUT2D eigenvalue weighted by Gasteiger charge is 2.53. The van der Waals surface area contributed by atoms with E-state index < -0.39 is 18.3 Å². The number of hydrogen-bond donors (Lipinski definition) is 0. The van der Waals surface area contributed by atoms with Gasteiger partial charge in [-0.15, -0.1) is 0 Å². The van der Waals surface area contributed by atoms with Crippen LogP contribution < -0.4 is 4.90 Å². The maximum atomic E-state index is 15.0. The van der Waals surface area contributed by atoms with Crippen LogP contribution >= 0.6 is 0 Å². The molecular formula is C19H29BFN3O3. The lowest BCUT2D eigenvalue weighted by molar-refractivity contribution is 0.00578. The van der Waals surface area contributed by atoms with Crippen LogP contribution in [0.1, 0.15) is 46.2 Å². The molecule has 0 saturated carbocycles. The molecule has 0 radical (unpaired) electrons. The quantitative estimate of drug-likeness (QED) is 0.735. The third-order valence-electron chi connectivity index (χ3n) is 5.76. The topological polar surface area (TPSA) is 56.7 Å². The second-order valence-corrected chi connectivity index (χ2v) is 8.14. The first-order valence-electron chi connectivity index (χ1n) is 9.51. The second kappa shape index (κ2) is 7.85. The van der Waals surface area contributed by atoms with Crippen LogP contribution in [0.5, 0.6) is 0 Å². The van der Waals surface area contributed by atoms with Crippen LogP contribution in [-0.2, 0) is 20.5 Å². The molecule has 0 spiro atoms. The van der Waals surface area contributed by atoms with Gasteiger partial charge in [0.2, 0.25) is 0 Å². The second-order valence-electron chi connectivity index (χ2n) is 8.14. The third kappa shape index (κ3) is 4.33. The lowest BCUT2D eigenvalue weighted by atomic mass is 9.82. The van der Waals surface area contributed by atoms with Crippen molar-refractivity contribution in [1.29, 1.82) is 0 Å². The van der Waals surface area contributed by atoms with Crippen molar-refractivity contribution in [1.82, 2.24) is 9.97 Å². The van der Waals surface area contributed by atoms with Gasteiger partial charge in [0.15, 0.2) is 0 Å². The third-order valence-corrected chi connectivity index (χ3v) is 5.76. The van der Waals surface area contributed by atoms with Crippen molar-refractivity contribution in [3.63, 3.8) is 0 Å². The number of anilines is 1. The van der Waals surface area contributed by atoms with Gasteiger partial charge in [0.25, 0.3) is 0 Å². The lowest BCUT2D eigenvalue weighted by Gasteiger charge is -2.32. The first-order valence-corrected chi connectivity index (χ1v) is 9.51. The average Bonchev–Trinajstić information content (AvgIpc) is 2.87. The van der Waals surface area contributed by atoms with Crippen LogP contribution in [0.3, 0.4) is 0 Å². The van der Waals surface area contributed by atoms with Crippen LogP contribution in [0.4, 0.5) is 10.2 Å². The molecule has 148 valence electrons. The molecule has 2 fully saturated rings. The summed E-state index contributed by atoms with van der Waals surface area (Å²) >= 11 is 0. The Bertz CT molecular complexity index is 685. The normalized spacial score (nSPS) is 21.6. The van der Waals surface area contributed by atoms with E-state index >= 15 is 0 Å². The standard InChI is InChI=1S/C19H29BFN3O3/c1-18(2)19(3,4)27-20(26-18)17(21)14-6-9-24(10-7-14)16-12-15(8-11-25-5)22-13-23-16/h12-13H,6-11H2,1-5H3. The Morgan fingerprint density at radius 1 is 1.19 bits per heavy atom. The van der Waals surface area contributed by atoms with Gasteiger partial charge in [0, 0.05) is 38.4 Å². The molecule has 2 aliphatic rings. The fraction of sp³-hybridized carbons (Fsp3) is 0.684. The molecule has 0 atom stereocenters. The smallest absolute Gasteiger partial charge is 0.398 e. The molecule has 6 nitrogen and oxygen atoms in total. The molecule has 27 heavy (non-hydrogen) atoms. The summed E-state index contributed by atoms with van der Waals surface area (Å²) in [6.45, 7) is 9.79. The van der Waals surface area contributed by atoms with E-state index in [1.54, 1.807) is 13.4 Å². The van der Waals surface area contributed by atoms with E-state index in [1.807, 2.05) is 33.8 Å². The Labute approximate surface area is 161 Å². The van der Waals surface area contributed by atoms with Crippen molar-refractivity contribution in [3.8, 4) is 0 Å². The first-order chi connectivity index (χ1) is 12.7. The van der Waals surface area contributed by atoms with Crippen LogP contribution in [0.25, 0.3) is 0 Å². The van der Waals surface area contributed by atoms with E-state index in [-0.39, 0.29) is 5.73 Å². The fourth-order valence-electron chi connectivity index (χ4n) is 3.26. The largest absolute Gasteiger partial charge is 0.525 e. The summed E-state index contributed by atoms with van der Waals surface area (Å²) in [4.78, 5) is 10.8. The monoisotopic (exact) mass is 377 g/mol. The minimum atomic E-state index is -0.906. The minimum absolute atomic E-state index is 0.267. The van der Waals surface area contributed by atoms with Crippen LogP contribution in [0, 0.1) is 0 Å². The van der Waals surface area contributed by atoms with Crippen LogP contribution in [0.2, 0.25) is 0 Å². The number of methoxy groups -OCH3 is 1. The van der Waals surface area contributed by atoms with E-state index in [4.69, 9.17) is 14.0 Å². The number of rotatable bonds is 5. The molecule has 2 saturated heterocycles. The molecule has 2 aliphatic heterocycles. The molecule has 1 aromatic rings. The summed E-state index contributed by atoms with van der Waals surface area (Å²) in [5, 5.41) is 0. The molecule has 0 bridgehead atoms. The number of ether oxygens (including phenoxy) is 1. The molecule has 3 rings (SSSR count). The number of halogens is 1. The van der Waals surface area contributed by atoms with E-state index in [9.17, 15) is 4.39 Å². The predicted octanol–water partition coefficient (Wildman–Crippen LogP) is 3.12. The molecule has 0 unspecified atom stereocenters.